The van der Waals surface area contributed by atoms with Gasteiger partial charge in [-0.15, -0.1) is 0 Å². The number of nitrogens with zero attached hydrogens (tertiary/aromatic N) is 6. The highest BCUT2D eigenvalue weighted by Gasteiger charge is 2.33. The summed E-state index contributed by atoms with van der Waals surface area (Å²) in [7, 11) is -4.19. The van der Waals surface area contributed by atoms with Crippen LogP contribution < -0.4 is 14.4 Å². The number of benzene rings is 2. The van der Waals surface area contributed by atoms with E-state index in [1.807, 2.05) is 52.2 Å². The van der Waals surface area contributed by atoms with Crippen LogP contribution in [0.15, 0.2) is 59.8 Å². The van der Waals surface area contributed by atoms with Gasteiger partial charge in [0.2, 0.25) is 11.8 Å². The fraction of sp³-hybridized carbons (Fsp3) is 0.462. The molecule has 1 saturated heterocycles. The zero-order chi connectivity index (χ0) is 36.7. The summed E-state index contributed by atoms with van der Waals surface area (Å²) in [4.78, 5) is 37.1. The molecule has 2 aliphatic heterocycles. The van der Waals surface area contributed by atoms with Crippen LogP contribution in [0.4, 0.5) is 11.6 Å². The van der Waals surface area contributed by atoms with Crippen molar-refractivity contribution in [2.45, 2.75) is 85.7 Å². The first-order valence-corrected chi connectivity index (χ1v) is 19.2. The number of aryl methyl sites for hydroxylation is 1. The summed E-state index contributed by atoms with van der Waals surface area (Å²) in [6.07, 6.45) is 5.55. The third-order valence-corrected chi connectivity index (χ3v) is 11.1. The van der Waals surface area contributed by atoms with Crippen LogP contribution in [-0.2, 0) is 23.0 Å². The number of hydrogen-bond acceptors (Lipinski definition) is 9. The van der Waals surface area contributed by atoms with Crippen molar-refractivity contribution in [2.24, 2.45) is 17.3 Å². The Hall–Kier alpha value is -4.58. The summed E-state index contributed by atoms with van der Waals surface area (Å²) in [6, 6.07) is 11.7. The Balaban J connectivity index is 1.44. The molecule has 0 radical (unpaired) electrons. The predicted octanol–water partition coefficient (Wildman–Crippen LogP) is 6.85. The van der Waals surface area contributed by atoms with Crippen LogP contribution in [0, 0.1) is 31.1 Å². The minimum Gasteiger partial charge on any atom is -0.475 e. The van der Waals surface area contributed by atoms with Crippen LogP contribution in [0.3, 0.4) is 0 Å². The lowest BCUT2D eigenvalue weighted by Crippen LogP contribution is -2.46. The summed E-state index contributed by atoms with van der Waals surface area (Å²) < 4.78 is 36.8. The van der Waals surface area contributed by atoms with Crippen molar-refractivity contribution in [3.63, 3.8) is 0 Å². The fourth-order valence-corrected chi connectivity index (χ4v) is 7.96. The topological polar surface area (TPSA) is 131 Å². The standard InChI is InChI=1S/C39H49N7O4S/c1-24(2)17-28-12-9-11-26(5)34(28)35-27(6)36-43-38(42-35)44-51(48,49)31-14-10-13-29(18-31)37(47)46(32(22-50-36)25(3)4)21-33-40-19-30(20-41-33)45-16-15-39(7,8)23-45/h9-14,18-20,24-25,32H,15-17,21-23H2,1-8H3,(H,42,43,44)/t32-/m0/s1. The highest BCUT2D eigenvalue weighted by atomic mass is 32.2. The molecule has 2 aromatic carbocycles. The molecule has 2 aromatic heterocycles. The largest absolute Gasteiger partial charge is 0.475 e. The average Bonchev–Trinajstić information content (AvgIpc) is 3.44. The Bertz CT molecular complexity index is 2030. The summed E-state index contributed by atoms with van der Waals surface area (Å²) >= 11 is 0. The molecular weight excluding hydrogens is 663 g/mol. The number of rotatable bonds is 7. The van der Waals surface area contributed by atoms with Crippen molar-refractivity contribution in [1.82, 2.24) is 24.8 Å². The first kappa shape index (κ1) is 36.2. The number of ether oxygens (including phenoxy) is 1. The summed E-state index contributed by atoms with van der Waals surface area (Å²) in [5, 5.41) is 0. The van der Waals surface area contributed by atoms with E-state index in [1.165, 1.54) is 12.1 Å². The summed E-state index contributed by atoms with van der Waals surface area (Å²) in [5.41, 5.74) is 5.72. The number of sulfonamides is 1. The lowest BCUT2D eigenvalue weighted by molar-refractivity contribution is 0.0496. The number of carbonyl (C=O) groups is 1. The van der Waals surface area contributed by atoms with Crippen LogP contribution in [-0.4, -0.2) is 64.9 Å². The average molecular weight is 712 g/mol. The predicted molar refractivity (Wildman–Crippen MR) is 199 cm³/mol. The smallest absolute Gasteiger partial charge is 0.264 e. The molecule has 0 aliphatic carbocycles. The number of nitrogens with one attached hydrogen (secondary N) is 1. The number of carbonyl (C=O) groups excluding carboxylic acids is 1. The first-order chi connectivity index (χ1) is 24.1. The van der Waals surface area contributed by atoms with E-state index in [0.717, 1.165) is 48.3 Å². The Labute approximate surface area is 302 Å². The van der Waals surface area contributed by atoms with E-state index in [0.29, 0.717) is 23.0 Å². The molecular formula is C39H49N7O4S. The maximum Gasteiger partial charge on any atom is 0.264 e. The van der Waals surface area contributed by atoms with Gasteiger partial charge < -0.3 is 14.5 Å². The highest BCUT2D eigenvalue weighted by Crippen LogP contribution is 2.36. The SMILES string of the molecule is Cc1cccc(CC(C)C)c1-c1nc2nc(c1C)OC[C@@H](C(C)C)N(Cc1ncc(N3CCC(C)(C)C3)cn1)C(=O)c1cccc(c1)S(=O)(=O)N2. The molecule has 12 heteroatoms. The van der Waals surface area contributed by atoms with Crippen molar-refractivity contribution < 1.29 is 17.9 Å². The van der Waals surface area contributed by atoms with Crippen molar-refractivity contribution in [3.8, 4) is 17.1 Å². The lowest BCUT2D eigenvalue weighted by atomic mass is 9.91. The molecule has 6 rings (SSSR count). The van der Waals surface area contributed by atoms with Gasteiger partial charge in [0.05, 0.1) is 41.3 Å². The highest BCUT2D eigenvalue weighted by molar-refractivity contribution is 7.92. The second-order valence-electron chi connectivity index (χ2n) is 15.4. The molecule has 0 spiro atoms. The molecule has 1 N–H and O–H groups in total. The van der Waals surface area contributed by atoms with Gasteiger partial charge in [0.1, 0.15) is 12.4 Å². The number of fused-ring (bicyclic) bond motifs is 4. The molecule has 11 nitrogen and oxygen atoms in total. The zero-order valence-corrected chi connectivity index (χ0v) is 31.7. The van der Waals surface area contributed by atoms with E-state index in [2.05, 4.69) is 48.4 Å². The molecule has 51 heavy (non-hydrogen) atoms. The van der Waals surface area contributed by atoms with Crippen LogP contribution >= 0.6 is 0 Å². The zero-order valence-electron chi connectivity index (χ0n) is 30.9. The first-order valence-electron chi connectivity index (χ1n) is 17.7. The van der Waals surface area contributed by atoms with Crippen LogP contribution in [0.25, 0.3) is 11.3 Å². The van der Waals surface area contributed by atoms with E-state index >= 15 is 0 Å². The minimum absolute atomic E-state index is 0.0506. The maximum atomic E-state index is 14.4. The molecule has 4 bridgehead atoms. The third-order valence-electron chi connectivity index (χ3n) is 9.81. The molecule has 1 fully saturated rings. The monoisotopic (exact) mass is 711 g/mol. The number of aromatic nitrogens is 4. The van der Waals surface area contributed by atoms with Crippen molar-refractivity contribution in [2.75, 3.05) is 29.3 Å². The van der Waals surface area contributed by atoms with Gasteiger partial charge in [-0.3, -0.25) is 4.79 Å². The Morgan fingerprint density at radius 2 is 1.75 bits per heavy atom. The van der Waals surface area contributed by atoms with Gasteiger partial charge in [-0.1, -0.05) is 65.8 Å². The third kappa shape index (κ3) is 7.85. The molecule has 4 aromatic rings. The second-order valence-corrected chi connectivity index (χ2v) is 17.1. The van der Waals surface area contributed by atoms with Gasteiger partial charge in [0.25, 0.3) is 15.9 Å². The Kier molecular flexibility index (Phi) is 10.1. The lowest BCUT2D eigenvalue weighted by Gasteiger charge is -2.34. The van der Waals surface area contributed by atoms with E-state index in [-0.39, 0.29) is 52.7 Å². The van der Waals surface area contributed by atoms with Crippen LogP contribution in [0.1, 0.15) is 80.8 Å². The van der Waals surface area contributed by atoms with Crippen LogP contribution in [0.5, 0.6) is 5.88 Å². The number of hydrogen-bond donors (Lipinski definition) is 1. The van der Waals surface area contributed by atoms with Crippen LogP contribution in [0.2, 0.25) is 0 Å². The molecule has 1 atom stereocenters. The quantitative estimate of drug-likeness (QED) is 0.219. The maximum absolute atomic E-state index is 14.4. The van der Waals surface area contributed by atoms with E-state index in [1.54, 1.807) is 17.0 Å². The summed E-state index contributed by atoms with van der Waals surface area (Å²) in [5.74, 6) is 0.605. The normalized spacial score (nSPS) is 18.5. The molecule has 0 unspecified atom stereocenters. The van der Waals surface area contributed by atoms with Crippen molar-refractivity contribution in [3.05, 3.63) is 82.9 Å². The second kappa shape index (κ2) is 14.2. The Morgan fingerprint density at radius 1 is 1.02 bits per heavy atom. The fourth-order valence-electron chi connectivity index (χ4n) is 6.97. The van der Waals surface area contributed by atoms with Crippen molar-refractivity contribution in [1.29, 1.82) is 0 Å². The van der Waals surface area contributed by atoms with Gasteiger partial charge in [0.15, 0.2) is 0 Å². The van der Waals surface area contributed by atoms with Gasteiger partial charge >= 0.3 is 0 Å². The molecule has 0 saturated carbocycles. The molecule has 4 heterocycles. The van der Waals surface area contributed by atoms with E-state index < -0.39 is 16.1 Å². The van der Waals surface area contributed by atoms with Gasteiger partial charge in [-0.05, 0) is 73.3 Å². The van der Waals surface area contributed by atoms with Crippen molar-refractivity contribution >= 4 is 27.6 Å². The number of anilines is 2. The Morgan fingerprint density at radius 3 is 2.41 bits per heavy atom. The van der Waals surface area contributed by atoms with Gasteiger partial charge in [0, 0.05) is 29.8 Å². The summed E-state index contributed by atoms with van der Waals surface area (Å²) in [6.45, 7) is 18.9. The minimum atomic E-state index is -4.19. The van der Waals surface area contributed by atoms with Gasteiger partial charge in [-0.25, -0.2) is 28.1 Å². The molecule has 2 aliphatic rings. The van der Waals surface area contributed by atoms with E-state index in [4.69, 9.17) is 19.7 Å². The molecule has 270 valence electrons. The molecule has 1 amide bonds. The number of amides is 1. The van der Waals surface area contributed by atoms with Gasteiger partial charge in [-0.2, -0.15) is 4.98 Å². The van der Waals surface area contributed by atoms with E-state index in [9.17, 15) is 13.2 Å².